The molecule has 4 aliphatic rings. The van der Waals surface area contributed by atoms with E-state index >= 15 is 0 Å². The van der Waals surface area contributed by atoms with Crippen molar-refractivity contribution < 1.29 is 15.1 Å². The predicted octanol–water partition coefficient (Wildman–Crippen LogP) is 5.85. The molecule has 0 saturated heterocycles. The molecule has 2 saturated carbocycles. The number of fused-ring (bicyclic) bond motifs is 4. The minimum Gasteiger partial charge on any atom is -0.481 e. The summed E-state index contributed by atoms with van der Waals surface area (Å²) in [5.74, 6) is -0.158. The Hall–Kier alpha value is -2.09. The fourth-order valence-corrected chi connectivity index (χ4v) is 7.84. The lowest BCUT2D eigenvalue weighted by molar-refractivity contribution is -0.153. The van der Waals surface area contributed by atoms with E-state index in [1.165, 1.54) is 11.1 Å². The molecule has 5 atom stereocenters. The largest absolute Gasteiger partial charge is 0.481 e. The fraction of sp³-hybridized carbons (Fsp3) is 0.720. The maximum Gasteiger partial charge on any atom is 0.307 e. The van der Waals surface area contributed by atoms with Gasteiger partial charge in [0.2, 0.25) is 0 Å². The molecule has 1 unspecified atom stereocenters. The van der Waals surface area contributed by atoms with Crippen LogP contribution in [0.15, 0.2) is 28.0 Å². The lowest BCUT2D eigenvalue weighted by Gasteiger charge is -2.55. The molecule has 2 N–H and O–H groups in total. The highest BCUT2D eigenvalue weighted by Gasteiger charge is 2.64. The molecule has 0 amide bonds. The van der Waals surface area contributed by atoms with Crippen molar-refractivity contribution in [1.29, 1.82) is 5.26 Å². The van der Waals surface area contributed by atoms with Crippen LogP contribution in [0.3, 0.4) is 0 Å². The number of hydrogen-bond donors (Lipinski definition) is 2. The fourth-order valence-electron chi connectivity index (χ4n) is 7.84. The highest BCUT2D eigenvalue weighted by atomic mass is 16.4. The first-order valence-corrected chi connectivity index (χ1v) is 11.7. The molecule has 0 bridgehead atoms. The second-order valence-electron chi connectivity index (χ2n) is 10.1. The van der Waals surface area contributed by atoms with Gasteiger partial charge in [0.1, 0.15) is 0 Å². The number of nitriles is 1. The third-order valence-corrected chi connectivity index (χ3v) is 9.24. The third-order valence-electron chi connectivity index (χ3n) is 9.24. The molecule has 0 aromatic rings. The summed E-state index contributed by atoms with van der Waals surface area (Å²) < 4.78 is 0. The van der Waals surface area contributed by atoms with Crippen molar-refractivity contribution in [2.24, 2.45) is 33.7 Å². The SMILES string of the molecule is CCCC(C(=O)O)[C@@]1(CC#N)CC[C@H]2[C@@H]3CCC4=C/C(=N\O)CCC4=C3CC[C@@]21C. The number of allylic oxidation sites excluding steroid dienone is 4. The summed E-state index contributed by atoms with van der Waals surface area (Å²) in [5, 5.41) is 32.5. The molecule has 4 rings (SSSR count). The average molecular weight is 411 g/mol. The molecule has 0 spiro atoms. The minimum atomic E-state index is -0.713. The topological polar surface area (TPSA) is 93.7 Å². The van der Waals surface area contributed by atoms with Gasteiger partial charge >= 0.3 is 5.97 Å². The maximum atomic E-state index is 12.3. The Morgan fingerprint density at radius 1 is 1.30 bits per heavy atom. The van der Waals surface area contributed by atoms with Gasteiger partial charge in [-0.1, -0.05) is 31.0 Å². The first-order chi connectivity index (χ1) is 14.4. The first kappa shape index (κ1) is 21.2. The Morgan fingerprint density at radius 2 is 2.10 bits per heavy atom. The zero-order chi connectivity index (χ0) is 21.5. The van der Waals surface area contributed by atoms with Gasteiger partial charge in [-0.25, -0.2) is 0 Å². The Balaban J connectivity index is 1.74. The second kappa shape index (κ2) is 7.87. The van der Waals surface area contributed by atoms with Crippen LogP contribution in [0.4, 0.5) is 0 Å². The van der Waals surface area contributed by atoms with Gasteiger partial charge in [0.15, 0.2) is 0 Å². The number of carboxylic acid groups (broad SMARTS) is 1. The number of aliphatic carboxylic acids is 1. The molecule has 4 aliphatic carbocycles. The molecule has 2 fully saturated rings. The standard InChI is InChI=1S/C25H34N2O3/c1-3-4-22(23(28)29)25(13-14-26)12-10-21-20-7-5-16-15-17(27-30)6-8-18(16)19(20)9-11-24(21,25)2/h15,20-22,30H,3-13H2,1-2H3,(H,28,29)/b27-17-/t20-,21+,22?,24+,25+/m1/s1. The summed E-state index contributed by atoms with van der Waals surface area (Å²) in [5.41, 5.74) is 4.70. The number of carboxylic acids is 1. The van der Waals surface area contributed by atoms with Gasteiger partial charge in [-0.3, -0.25) is 4.79 Å². The van der Waals surface area contributed by atoms with Crippen molar-refractivity contribution in [2.45, 2.75) is 84.5 Å². The summed E-state index contributed by atoms with van der Waals surface area (Å²) >= 11 is 0. The van der Waals surface area contributed by atoms with Gasteiger partial charge in [-0.2, -0.15) is 5.26 Å². The third kappa shape index (κ3) is 2.94. The van der Waals surface area contributed by atoms with E-state index in [9.17, 15) is 20.4 Å². The van der Waals surface area contributed by atoms with E-state index in [-0.39, 0.29) is 5.41 Å². The van der Waals surface area contributed by atoms with Crippen LogP contribution in [0, 0.1) is 39.9 Å². The monoisotopic (exact) mass is 410 g/mol. The molecule has 0 aromatic heterocycles. The van der Waals surface area contributed by atoms with E-state index in [2.05, 4.69) is 31.1 Å². The molecular weight excluding hydrogens is 376 g/mol. The van der Waals surface area contributed by atoms with Gasteiger partial charge in [0.25, 0.3) is 0 Å². The highest BCUT2D eigenvalue weighted by Crippen LogP contribution is 2.70. The number of hydrogen-bond acceptors (Lipinski definition) is 4. The van der Waals surface area contributed by atoms with E-state index in [0.29, 0.717) is 24.7 Å². The van der Waals surface area contributed by atoms with Crippen molar-refractivity contribution in [3.8, 4) is 6.07 Å². The van der Waals surface area contributed by atoms with Crippen LogP contribution >= 0.6 is 0 Å². The van der Waals surface area contributed by atoms with Crippen molar-refractivity contribution in [3.63, 3.8) is 0 Å². The number of rotatable bonds is 5. The Kier molecular flexibility index (Phi) is 5.55. The van der Waals surface area contributed by atoms with E-state index in [4.69, 9.17) is 0 Å². The van der Waals surface area contributed by atoms with Crippen LogP contribution in [0.2, 0.25) is 0 Å². The van der Waals surface area contributed by atoms with Gasteiger partial charge in [-0.05, 0) is 92.3 Å². The lowest BCUT2D eigenvalue weighted by Crippen LogP contribution is -2.50. The summed E-state index contributed by atoms with van der Waals surface area (Å²) in [4.78, 5) is 12.3. The van der Waals surface area contributed by atoms with Crippen LogP contribution in [-0.2, 0) is 4.79 Å². The van der Waals surface area contributed by atoms with Crippen molar-refractivity contribution in [2.75, 3.05) is 0 Å². The van der Waals surface area contributed by atoms with Gasteiger partial charge < -0.3 is 10.3 Å². The minimum absolute atomic E-state index is 0.0940. The zero-order valence-corrected chi connectivity index (χ0v) is 18.3. The zero-order valence-electron chi connectivity index (χ0n) is 18.3. The molecular formula is C25H34N2O3. The summed E-state index contributed by atoms with van der Waals surface area (Å²) in [6.07, 6.45) is 11.7. The van der Waals surface area contributed by atoms with Gasteiger partial charge in [0.05, 0.1) is 17.7 Å². The molecule has 5 heteroatoms. The number of oxime groups is 1. The van der Waals surface area contributed by atoms with Gasteiger partial charge in [-0.15, -0.1) is 0 Å². The number of carbonyl (C=O) groups is 1. The van der Waals surface area contributed by atoms with Crippen LogP contribution < -0.4 is 0 Å². The van der Waals surface area contributed by atoms with Crippen LogP contribution in [0.5, 0.6) is 0 Å². The molecule has 5 nitrogen and oxygen atoms in total. The molecule has 0 radical (unpaired) electrons. The number of nitrogens with zero attached hydrogens (tertiary/aromatic N) is 2. The maximum absolute atomic E-state index is 12.3. The van der Waals surface area contributed by atoms with E-state index in [1.54, 1.807) is 5.57 Å². The predicted molar refractivity (Wildman–Crippen MR) is 115 cm³/mol. The highest BCUT2D eigenvalue weighted by molar-refractivity contribution is 5.97. The van der Waals surface area contributed by atoms with E-state index in [1.807, 2.05) is 0 Å². The average Bonchev–Trinajstić information content (AvgIpc) is 3.04. The molecule has 0 aliphatic heterocycles. The van der Waals surface area contributed by atoms with E-state index < -0.39 is 17.3 Å². The van der Waals surface area contributed by atoms with Gasteiger partial charge in [0, 0.05) is 11.8 Å². The van der Waals surface area contributed by atoms with Crippen molar-refractivity contribution in [1.82, 2.24) is 0 Å². The van der Waals surface area contributed by atoms with Crippen LogP contribution in [0.25, 0.3) is 0 Å². The Labute approximate surface area is 179 Å². The second-order valence-corrected chi connectivity index (χ2v) is 10.1. The molecule has 30 heavy (non-hydrogen) atoms. The molecule has 162 valence electrons. The van der Waals surface area contributed by atoms with E-state index in [0.717, 1.165) is 63.5 Å². The molecule has 0 heterocycles. The first-order valence-electron chi connectivity index (χ1n) is 11.7. The smallest absolute Gasteiger partial charge is 0.307 e. The van der Waals surface area contributed by atoms with Crippen LogP contribution in [-0.4, -0.2) is 22.0 Å². The summed E-state index contributed by atoms with van der Waals surface area (Å²) in [6.45, 7) is 4.37. The summed E-state index contributed by atoms with van der Waals surface area (Å²) in [7, 11) is 0. The van der Waals surface area contributed by atoms with Crippen molar-refractivity contribution >= 4 is 11.7 Å². The summed E-state index contributed by atoms with van der Waals surface area (Å²) in [6, 6.07) is 2.41. The Morgan fingerprint density at radius 3 is 2.77 bits per heavy atom. The molecule has 0 aromatic carbocycles. The van der Waals surface area contributed by atoms with Crippen molar-refractivity contribution in [3.05, 3.63) is 22.8 Å². The lowest BCUT2D eigenvalue weighted by atomic mass is 9.48. The normalized spacial score (nSPS) is 37.6. The Bertz CT molecular complexity index is 864. The van der Waals surface area contributed by atoms with Crippen LogP contribution in [0.1, 0.15) is 84.5 Å². The quantitative estimate of drug-likeness (QED) is 0.439.